The maximum absolute atomic E-state index is 12.3. The van der Waals surface area contributed by atoms with Crippen molar-refractivity contribution in [3.05, 3.63) is 34.1 Å². The van der Waals surface area contributed by atoms with Gasteiger partial charge in [-0.3, -0.25) is 4.79 Å². The van der Waals surface area contributed by atoms with E-state index in [0.29, 0.717) is 12.4 Å². The van der Waals surface area contributed by atoms with Crippen LogP contribution in [0.15, 0.2) is 22.4 Å². The SMILES string of the molecule is Cc1ccsc1C(=O)N1CC[C@H](c2ncon2)C1. The van der Waals surface area contributed by atoms with Crippen LogP contribution in [0.5, 0.6) is 0 Å². The molecule has 5 nitrogen and oxygen atoms in total. The van der Waals surface area contributed by atoms with E-state index in [9.17, 15) is 4.79 Å². The molecule has 0 aliphatic carbocycles. The molecular weight excluding hydrogens is 250 g/mol. The normalized spacial score (nSPS) is 19.4. The second kappa shape index (κ2) is 4.53. The molecule has 0 aromatic carbocycles. The Labute approximate surface area is 108 Å². The highest BCUT2D eigenvalue weighted by molar-refractivity contribution is 7.12. The average molecular weight is 263 g/mol. The Kier molecular flexibility index (Phi) is 2.87. The lowest BCUT2D eigenvalue weighted by Crippen LogP contribution is -2.28. The molecule has 1 atom stereocenters. The monoisotopic (exact) mass is 263 g/mol. The van der Waals surface area contributed by atoms with E-state index in [1.54, 1.807) is 0 Å². The summed E-state index contributed by atoms with van der Waals surface area (Å²) in [6, 6.07) is 1.98. The molecule has 3 rings (SSSR count). The summed E-state index contributed by atoms with van der Waals surface area (Å²) in [5.74, 6) is 1.02. The molecule has 2 aromatic heterocycles. The van der Waals surface area contributed by atoms with Gasteiger partial charge >= 0.3 is 0 Å². The minimum Gasteiger partial charge on any atom is -0.343 e. The molecular formula is C12H13N3O2S. The van der Waals surface area contributed by atoms with Gasteiger partial charge in [0.05, 0.1) is 4.88 Å². The number of carbonyl (C=O) groups excluding carboxylic acids is 1. The van der Waals surface area contributed by atoms with Crippen LogP contribution < -0.4 is 0 Å². The quantitative estimate of drug-likeness (QED) is 0.832. The molecule has 0 N–H and O–H groups in total. The molecule has 0 bridgehead atoms. The Morgan fingerprint density at radius 2 is 2.50 bits per heavy atom. The van der Waals surface area contributed by atoms with Crippen molar-refractivity contribution < 1.29 is 9.32 Å². The number of amides is 1. The summed E-state index contributed by atoms with van der Waals surface area (Å²) < 4.78 is 4.75. The molecule has 0 radical (unpaired) electrons. The molecule has 0 unspecified atom stereocenters. The Balaban J connectivity index is 1.73. The first kappa shape index (κ1) is 11.4. The minimum absolute atomic E-state index is 0.119. The summed E-state index contributed by atoms with van der Waals surface area (Å²) in [6.45, 7) is 3.40. The molecule has 0 saturated carbocycles. The summed E-state index contributed by atoms with van der Waals surface area (Å²) in [7, 11) is 0. The summed E-state index contributed by atoms with van der Waals surface area (Å²) in [5, 5.41) is 5.80. The van der Waals surface area contributed by atoms with Crippen LogP contribution in [0.3, 0.4) is 0 Å². The Bertz CT molecular complexity index is 549. The van der Waals surface area contributed by atoms with Crippen LogP contribution >= 0.6 is 11.3 Å². The van der Waals surface area contributed by atoms with Crippen molar-refractivity contribution in [2.75, 3.05) is 13.1 Å². The van der Waals surface area contributed by atoms with Gasteiger partial charge < -0.3 is 9.42 Å². The number of hydrogen-bond acceptors (Lipinski definition) is 5. The smallest absolute Gasteiger partial charge is 0.264 e. The van der Waals surface area contributed by atoms with Crippen molar-refractivity contribution in [3.63, 3.8) is 0 Å². The standard InChI is InChI=1S/C12H13N3O2S/c1-8-3-5-18-10(8)12(16)15-4-2-9(6-15)11-13-7-17-14-11/h3,5,7,9H,2,4,6H2,1H3/t9-/m0/s1. The Hall–Kier alpha value is -1.69. The summed E-state index contributed by atoms with van der Waals surface area (Å²) in [4.78, 5) is 19.1. The van der Waals surface area contributed by atoms with E-state index >= 15 is 0 Å². The van der Waals surface area contributed by atoms with Crippen LogP contribution in [-0.4, -0.2) is 34.0 Å². The van der Waals surface area contributed by atoms with Gasteiger partial charge in [0.15, 0.2) is 5.82 Å². The molecule has 2 aromatic rings. The van der Waals surface area contributed by atoms with Gasteiger partial charge in [0.1, 0.15) is 0 Å². The molecule has 1 aliphatic rings. The molecule has 1 amide bonds. The second-order valence-electron chi connectivity index (χ2n) is 4.46. The first-order valence-electron chi connectivity index (χ1n) is 5.85. The molecule has 1 saturated heterocycles. The highest BCUT2D eigenvalue weighted by atomic mass is 32.1. The number of aromatic nitrogens is 2. The van der Waals surface area contributed by atoms with E-state index in [-0.39, 0.29) is 11.8 Å². The first-order valence-corrected chi connectivity index (χ1v) is 6.73. The van der Waals surface area contributed by atoms with E-state index in [4.69, 9.17) is 4.52 Å². The third kappa shape index (κ3) is 1.92. The lowest BCUT2D eigenvalue weighted by atomic mass is 10.1. The lowest BCUT2D eigenvalue weighted by Gasteiger charge is -2.15. The van der Waals surface area contributed by atoms with Gasteiger partial charge in [-0.1, -0.05) is 5.16 Å². The summed E-state index contributed by atoms with van der Waals surface area (Å²) in [6.07, 6.45) is 2.24. The lowest BCUT2D eigenvalue weighted by molar-refractivity contribution is 0.0794. The largest absolute Gasteiger partial charge is 0.343 e. The van der Waals surface area contributed by atoms with Gasteiger partial charge in [0.25, 0.3) is 5.91 Å². The van der Waals surface area contributed by atoms with E-state index < -0.39 is 0 Å². The van der Waals surface area contributed by atoms with Crippen molar-refractivity contribution in [2.24, 2.45) is 0 Å². The average Bonchev–Trinajstić information content (AvgIpc) is 3.09. The number of carbonyl (C=O) groups is 1. The predicted molar refractivity (Wildman–Crippen MR) is 66.6 cm³/mol. The van der Waals surface area contributed by atoms with Crippen molar-refractivity contribution in [1.29, 1.82) is 0 Å². The van der Waals surface area contributed by atoms with Crippen LogP contribution in [0.25, 0.3) is 0 Å². The van der Waals surface area contributed by atoms with Crippen LogP contribution in [0.1, 0.15) is 33.4 Å². The number of rotatable bonds is 2. The topological polar surface area (TPSA) is 59.2 Å². The minimum atomic E-state index is 0.119. The van der Waals surface area contributed by atoms with E-state index in [1.165, 1.54) is 17.7 Å². The van der Waals surface area contributed by atoms with Crippen LogP contribution in [0, 0.1) is 6.92 Å². The number of nitrogens with zero attached hydrogens (tertiary/aromatic N) is 3. The molecule has 0 spiro atoms. The number of hydrogen-bond donors (Lipinski definition) is 0. The zero-order chi connectivity index (χ0) is 12.5. The van der Waals surface area contributed by atoms with Gasteiger partial charge in [-0.05, 0) is 30.4 Å². The van der Waals surface area contributed by atoms with Gasteiger partial charge in [-0.15, -0.1) is 11.3 Å². The maximum Gasteiger partial charge on any atom is 0.264 e. The fourth-order valence-corrected chi connectivity index (χ4v) is 3.14. The van der Waals surface area contributed by atoms with Gasteiger partial charge in [-0.25, -0.2) is 0 Å². The Morgan fingerprint density at radius 1 is 1.61 bits per heavy atom. The van der Waals surface area contributed by atoms with Crippen LogP contribution in [0.4, 0.5) is 0 Å². The fraction of sp³-hybridized carbons (Fsp3) is 0.417. The summed E-state index contributed by atoms with van der Waals surface area (Å²) in [5.41, 5.74) is 1.05. The van der Waals surface area contributed by atoms with Crippen molar-refractivity contribution in [1.82, 2.24) is 15.0 Å². The third-order valence-electron chi connectivity index (χ3n) is 3.28. The predicted octanol–water partition coefficient (Wildman–Crippen LogP) is 2.07. The van der Waals surface area contributed by atoms with Gasteiger partial charge in [0, 0.05) is 19.0 Å². The van der Waals surface area contributed by atoms with Crippen LogP contribution in [0.2, 0.25) is 0 Å². The van der Waals surface area contributed by atoms with E-state index in [0.717, 1.165) is 23.4 Å². The highest BCUT2D eigenvalue weighted by Crippen LogP contribution is 2.27. The third-order valence-corrected chi connectivity index (χ3v) is 4.28. The van der Waals surface area contributed by atoms with Gasteiger partial charge in [-0.2, -0.15) is 4.98 Å². The molecule has 94 valence electrons. The van der Waals surface area contributed by atoms with Crippen LogP contribution in [-0.2, 0) is 0 Å². The van der Waals surface area contributed by atoms with Crippen molar-refractivity contribution in [3.8, 4) is 0 Å². The number of likely N-dealkylation sites (tertiary alicyclic amines) is 1. The van der Waals surface area contributed by atoms with Crippen molar-refractivity contribution in [2.45, 2.75) is 19.3 Å². The molecule has 6 heteroatoms. The van der Waals surface area contributed by atoms with Crippen molar-refractivity contribution >= 4 is 17.2 Å². The number of thiophene rings is 1. The zero-order valence-corrected chi connectivity index (χ0v) is 10.8. The second-order valence-corrected chi connectivity index (χ2v) is 5.38. The molecule has 1 aliphatic heterocycles. The summed E-state index contributed by atoms with van der Waals surface area (Å²) >= 11 is 1.50. The molecule has 18 heavy (non-hydrogen) atoms. The maximum atomic E-state index is 12.3. The Morgan fingerprint density at radius 3 is 3.17 bits per heavy atom. The molecule has 1 fully saturated rings. The van der Waals surface area contributed by atoms with E-state index in [2.05, 4.69) is 10.1 Å². The van der Waals surface area contributed by atoms with Gasteiger partial charge in [0.2, 0.25) is 6.39 Å². The fourth-order valence-electron chi connectivity index (χ4n) is 2.25. The highest BCUT2D eigenvalue weighted by Gasteiger charge is 2.31. The number of aryl methyl sites for hydroxylation is 1. The molecule has 3 heterocycles. The first-order chi connectivity index (χ1) is 8.75. The zero-order valence-electron chi connectivity index (χ0n) is 10.00. The van der Waals surface area contributed by atoms with E-state index in [1.807, 2.05) is 23.3 Å².